The summed E-state index contributed by atoms with van der Waals surface area (Å²) in [7, 11) is 0. The smallest absolute Gasteiger partial charge is 0.319 e. The number of hydrogen-bond acceptors (Lipinski definition) is 7. The molecular weight excluding hydrogens is 320 g/mol. The van der Waals surface area contributed by atoms with Crippen molar-refractivity contribution in [1.29, 1.82) is 0 Å². The van der Waals surface area contributed by atoms with E-state index in [9.17, 15) is 4.79 Å². The molecule has 1 aliphatic heterocycles. The topological polar surface area (TPSA) is 65.2 Å². The fourth-order valence-electron chi connectivity index (χ4n) is 2.87. The predicted octanol–water partition coefficient (Wildman–Crippen LogP) is 3.33. The molecular formula is C15H16N2O3S2. The standard InChI is InChI=1S/C15H16N2O3S2/c1-8-2-3-10-9(6-8)7-12(21-10)13-16-17-15(20-13)22-11-4-5-19-14(11)18/h7-8,11H,2-6H2,1H3. The third kappa shape index (κ3) is 2.67. The molecule has 5 nitrogen and oxygen atoms in total. The van der Waals surface area contributed by atoms with Crippen LogP contribution in [0.1, 0.15) is 30.2 Å². The highest BCUT2D eigenvalue weighted by molar-refractivity contribution is 8.00. The molecule has 3 heterocycles. The van der Waals surface area contributed by atoms with E-state index in [4.69, 9.17) is 9.15 Å². The summed E-state index contributed by atoms with van der Waals surface area (Å²) in [6, 6.07) is 2.18. The number of nitrogens with zero attached hydrogens (tertiary/aromatic N) is 2. The number of thioether (sulfide) groups is 1. The maximum Gasteiger partial charge on any atom is 0.319 e. The quantitative estimate of drug-likeness (QED) is 0.801. The SMILES string of the molecule is CC1CCc2sc(-c3nnc(SC4CCOC4=O)o3)cc2C1. The molecule has 0 aromatic carbocycles. The van der Waals surface area contributed by atoms with Crippen LogP contribution in [0.2, 0.25) is 0 Å². The van der Waals surface area contributed by atoms with Crippen molar-refractivity contribution in [3.8, 4) is 10.8 Å². The van der Waals surface area contributed by atoms with Crippen molar-refractivity contribution in [3.63, 3.8) is 0 Å². The third-order valence-corrected chi connectivity index (χ3v) is 6.38. The summed E-state index contributed by atoms with van der Waals surface area (Å²) in [5.41, 5.74) is 1.42. The van der Waals surface area contributed by atoms with Crippen LogP contribution in [0.4, 0.5) is 0 Å². The van der Waals surface area contributed by atoms with Gasteiger partial charge in [-0.05, 0) is 48.6 Å². The maximum atomic E-state index is 11.5. The molecule has 2 aliphatic rings. The number of esters is 1. The van der Waals surface area contributed by atoms with E-state index in [0.29, 0.717) is 24.1 Å². The van der Waals surface area contributed by atoms with Crippen molar-refractivity contribution in [1.82, 2.24) is 10.2 Å². The molecule has 116 valence electrons. The van der Waals surface area contributed by atoms with Gasteiger partial charge in [-0.2, -0.15) is 0 Å². The summed E-state index contributed by atoms with van der Waals surface area (Å²) >= 11 is 3.05. The highest BCUT2D eigenvalue weighted by atomic mass is 32.2. The van der Waals surface area contributed by atoms with Crippen molar-refractivity contribution in [2.45, 2.75) is 43.1 Å². The number of hydrogen-bond donors (Lipinski definition) is 0. The minimum atomic E-state index is -0.217. The fraction of sp³-hybridized carbons (Fsp3) is 0.533. The molecule has 1 fully saturated rings. The maximum absolute atomic E-state index is 11.5. The van der Waals surface area contributed by atoms with Gasteiger partial charge in [0.25, 0.3) is 11.1 Å². The number of aromatic nitrogens is 2. The van der Waals surface area contributed by atoms with Crippen LogP contribution in [0, 0.1) is 5.92 Å². The Morgan fingerprint density at radius 3 is 3.09 bits per heavy atom. The first-order valence-electron chi connectivity index (χ1n) is 7.48. The number of cyclic esters (lactones) is 1. The molecule has 7 heteroatoms. The zero-order valence-corrected chi connectivity index (χ0v) is 13.8. The van der Waals surface area contributed by atoms with Gasteiger partial charge in [0.1, 0.15) is 5.25 Å². The Morgan fingerprint density at radius 2 is 2.27 bits per heavy atom. The van der Waals surface area contributed by atoms with Gasteiger partial charge in [0, 0.05) is 11.3 Å². The van der Waals surface area contributed by atoms with E-state index >= 15 is 0 Å². The largest absolute Gasteiger partial charge is 0.465 e. The van der Waals surface area contributed by atoms with Gasteiger partial charge >= 0.3 is 5.97 Å². The molecule has 1 saturated heterocycles. The molecule has 0 saturated carbocycles. The molecule has 0 spiro atoms. The Labute approximate surface area is 136 Å². The van der Waals surface area contributed by atoms with Crippen LogP contribution in [0.5, 0.6) is 0 Å². The van der Waals surface area contributed by atoms with Crippen molar-refractivity contribution in [3.05, 3.63) is 16.5 Å². The van der Waals surface area contributed by atoms with Crippen molar-refractivity contribution in [2.24, 2.45) is 5.92 Å². The lowest BCUT2D eigenvalue weighted by Gasteiger charge is -2.16. The van der Waals surface area contributed by atoms with Gasteiger partial charge in [-0.15, -0.1) is 21.5 Å². The lowest BCUT2D eigenvalue weighted by Crippen LogP contribution is -2.09. The number of ether oxygens (including phenoxy) is 1. The molecule has 4 rings (SSSR count). The van der Waals surface area contributed by atoms with Crippen LogP contribution < -0.4 is 0 Å². The van der Waals surface area contributed by atoms with Gasteiger partial charge in [0.2, 0.25) is 0 Å². The van der Waals surface area contributed by atoms with E-state index in [-0.39, 0.29) is 11.2 Å². The number of rotatable bonds is 3. The molecule has 2 unspecified atom stereocenters. The zero-order valence-electron chi connectivity index (χ0n) is 12.2. The number of aryl methyl sites for hydroxylation is 1. The lowest BCUT2D eigenvalue weighted by molar-refractivity contribution is -0.137. The molecule has 2 aromatic rings. The second-order valence-electron chi connectivity index (χ2n) is 5.84. The average molecular weight is 336 g/mol. The summed E-state index contributed by atoms with van der Waals surface area (Å²) in [5, 5.41) is 8.42. The van der Waals surface area contributed by atoms with Crippen LogP contribution in [0.15, 0.2) is 15.7 Å². The number of thiophene rings is 1. The van der Waals surface area contributed by atoms with Gasteiger partial charge in [0.15, 0.2) is 0 Å². The van der Waals surface area contributed by atoms with Crippen LogP contribution in [-0.2, 0) is 22.4 Å². The fourth-order valence-corrected chi connectivity index (χ4v) is 4.84. The zero-order chi connectivity index (χ0) is 15.1. The van der Waals surface area contributed by atoms with E-state index in [1.54, 1.807) is 11.3 Å². The van der Waals surface area contributed by atoms with Crippen LogP contribution in [-0.4, -0.2) is 28.0 Å². The number of carbonyl (C=O) groups is 1. The highest BCUT2D eigenvalue weighted by Gasteiger charge is 2.30. The Morgan fingerprint density at radius 1 is 1.36 bits per heavy atom. The second kappa shape index (κ2) is 5.70. The van der Waals surface area contributed by atoms with E-state index in [1.807, 2.05) is 0 Å². The van der Waals surface area contributed by atoms with Gasteiger partial charge in [-0.1, -0.05) is 6.92 Å². The Bertz CT molecular complexity index is 709. The van der Waals surface area contributed by atoms with Crippen molar-refractivity contribution in [2.75, 3.05) is 6.61 Å². The Balaban J connectivity index is 1.53. The molecule has 2 aromatic heterocycles. The average Bonchev–Trinajstić information content (AvgIpc) is 3.19. The summed E-state index contributed by atoms with van der Waals surface area (Å²) in [6.45, 7) is 2.77. The third-order valence-electron chi connectivity index (χ3n) is 4.08. The molecule has 0 amide bonds. The summed E-state index contributed by atoms with van der Waals surface area (Å²) in [6.07, 6.45) is 4.23. The molecule has 0 bridgehead atoms. The molecule has 0 radical (unpaired) electrons. The predicted molar refractivity (Wildman–Crippen MR) is 84.0 cm³/mol. The Hall–Kier alpha value is -1.34. The first-order chi connectivity index (χ1) is 10.7. The Kier molecular flexibility index (Phi) is 3.69. The van der Waals surface area contributed by atoms with Crippen molar-refractivity contribution < 1.29 is 13.9 Å². The van der Waals surface area contributed by atoms with Gasteiger partial charge in [-0.25, -0.2) is 0 Å². The van der Waals surface area contributed by atoms with Gasteiger partial charge in [0.05, 0.1) is 11.5 Å². The van der Waals surface area contributed by atoms with Crippen LogP contribution >= 0.6 is 23.1 Å². The van der Waals surface area contributed by atoms with E-state index in [2.05, 4.69) is 23.2 Å². The summed E-state index contributed by atoms with van der Waals surface area (Å²) < 4.78 is 10.7. The minimum absolute atomic E-state index is 0.190. The van der Waals surface area contributed by atoms with Gasteiger partial charge in [-0.3, -0.25) is 4.79 Å². The van der Waals surface area contributed by atoms with Crippen molar-refractivity contribution >= 4 is 29.1 Å². The molecule has 1 aliphatic carbocycles. The number of fused-ring (bicyclic) bond motifs is 1. The molecule has 2 atom stereocenters. The molecule has 22 heavy (non-hydrogen) atoms. The van der Waals surface area contributed by atoms with E-state index in [0.717, 1.165) is 23.6 Å². The number of carbonyl (C=O) groups excluding carboxylic acids is 1. The molecule has 0 N–H and O–H groups in total. The van der Waals surface area contributed by atoms with Crippen LogP contribution in [0.25, 0.3) is 10.8 Å². The lowest BCUT2D eigenvalue weighted by atomic mass is 9.90. The normalized spacial score (nSPS) is 24.3. The summed E-state index contributed by atoms with van der Waals surface area (Å²) in [5.74, 6) is 1.11. The van der Waals surface area contributed by atoms with Gasteiger partial charge < -0.3 is 9.15 Å². The van der Waals surface area contributed by atoms with E-state index < -0.39 is 0 Å². The van der Waals surface area contributed by atoms with Crippen LogP contribution in [0.3, 0.4) is 0 Å². The minimum Gasteiger partial charge on any atom is -0.465 e. The van der Waals surface area contributed by atoms with E-state index in [1.165, 1.54) is 28.6 Å². The first-order valence-corrected chi connectivity index (χ1v) is 9.17. The second-order valence-corrected chi connectivity index (χ2v) is 8.13. The highest BCUT2D eigenvalue weighted by Crippen LogP contribution is 2.38. The monoisotopic (exact) mass is 336 g/mol. The first kappa shape index (κ1) is 14.3. The summed E-state index contributed by atoms with van der Waals surface area (Å²) in [4.78, 5) is 14.0.